The molecule has 6 heteroatoms. The van der Waals surface area contributed by atoms with Gasteiger partial charge in [0.15, 0.2) is 0 Å². The van der Waals surface area contributed by atoms with Gasteiger partial charge in [0.05, 0.1) is 12.9 Å². The molecule has 0 bridgehead atoms. The number of nitrogens with two attached hydrogens (primary N) is 1. The summed E-state index contributed by atoms with van der Waals surface area (Å²) in [5.74, 6) is 0.799. The Morgan fingerprint density at radius 1 is 1.47 bits per heavy atom. The van der Waals surface area contributed by atoms with E-state index in [0.29, 0.717) is 12.1 Å². The second kappa shape index (κ2) is 6.63. The van der Waals surface area contributed by atoms with Gasteiger partial charge >= 0.3 is 6.03 Å². The summed E-state index contributed by atoms with van der Waals surface area (Å²) in [7, 11) is 3.26. The predicted octanol–water partition coefficient (Wildman–Crippen LogP) is 1.87. The number of hydrogen-bond donors (Lipinski definition) is 3. The van der Waals surface area contributed by atoms with Crippen LogP contribution < -0.4 is 15.8 Å². The van der Waals surface area contributed by atoms with Crippen LogP contribution in [0.2, 0.25) is 0 Å². The Morgan fingerprint density at radius 3 is 2.53 bits per heavy atom. The molecule has 1 aromatic carbocycles. The quantitative estimate of drug-likeness (QED) is 0.560. The maximum absolute atomic E-state index is 12.0. The highest BCUT2D eigenvalue weighted by Gasteiger charge is 2.16. The lowest BCUT2D eigenvalue weighted by Gasteiger charge is -2.24. The van der Waals surface area contributed by atoms with Gasteiger partial charge in [-0.1, -0.05) is 0 Å². The number of urea groups is 1. The van der Waals surface area contributed by atoms with Crippen LogP contribution in [0.25, 0.3) is 0 Å². The van der Waals surface area contributed by atoms with E-state index in [1.807, 2.05) is 6.92 Å². The number of ether oxygens (including phenoxy) is 1. The van der Waals surface area contributed by atoms with E-state index in [2.05, 4.69) is 5.32 Å². The first kappa shape index (κ1) is 14.8. The Kier molecular flexibility index (Phi) is 5.17. The predicted molar refractivity (Wildman–Crippen MR) is 75.8 cm³/mol. The summed E-state index contributed by atoms with van der Waals surface area (Å²) in [5, 5.41) is 10.00. The third-order valence-electron chi connectivity index (χ3n) is 2.84. The van der Waals surface area contributed by atoms with Gasteiger partial charge in [0.1, 0.15) is 5.75 Å². The van der Waals surface area contributed by atoms with Crippen molar-refractivity contribution in [3.05, 3.63) is 24.3 Å². The zero-order valence-corrected chi connectivity index (χ0v) is 11.4. The van der Waals surface area contributed by atoms with Crippen molar-refractivity contribution in [3.63, 3.8) is 0 Å². The topological polar surface area (TPSA) is 91.4 Å². The number of methoxy groups -OCH3 is 1. The number of carbonyl (C=O) groups is 1. The van der Waals surface area contributed by atoms with E-state index in [9.17, 15) is 4.79 Å². The van der Waals surface area contributed by atoms with Crippen molar-refractivity contribution in [2.45, 2.75) is 19.4 Å². The minimum Gasteiger partial charge on any atom is -0.497 e. The number of nitrogens with one attached hydrogen (secondary N) is 2. The number of nitrogens with zero attached hydrogens (tertiary/aromatic N) is 1. The lowest BCUT2D eigenvalue weighted by molar-refractivity contribution is 0.209. The summed E-state index contributed by atoms with van der Waals surface area (Å²) in [6.07, 6.45) is 0.354. The minimum atomic E-state index is -0.237. The summed E-state index contributed by atoms with van der Waals surface area (Å²) < 4.78 is 5.04. The number of amidine groups is 1. The molecule has 0 radical (unpaired) electrons. The van der Waals surface area contributed by atoms with Gasteiger partial charge in [0.2, 0.25) is 0 Å². The van der Waals surface area contributed by atoms with E-state index in [1.165, 1.54) is 4.90 Å². The van der Waals surface area contributed by atoms with Crippen LogP contribution in [0, 0.1) is 5.41 Å². The largest absolute Gasteiger partial charge is 0.497 e. The van der Waals surface area contributed by atoms with Crippen LogP contribution in [-0.2, 0) is 0 Å². The maximum Gasteiger partial charge on any atom is 0.321 e. The Hall–Kier alpha value is -2.24. The first-order chi connectivity index (χ1) is 8.93. The zero-order valence-electron chi connectivity index (χ0n) is 11.4. The number of anilines is 1. The van der Waals surface area contributed by atoms with Crippen molar-refractivity contribution in [2.24, 2.45) is 5.73 Å². The van der Waals surface area contributed by atoms with Crippen molar-refractivity contribution < 1.29 is 9.53 Å². The molecule has 4 N–H and O–H groups in total. The number of rotatable bonds is 5. The highest BCUT2D eigenvalue weighted by molar-refractivity contribution is 5.89. The van der Waals surface area contributed by atoms with Crippen LogP contribution in [0.15, 0.2) is 24.3 Å². The van der Waals surface area contributed by atoms with E-state index in [1.54, 1.807) is 38.4 Å². The molecule has 19 heavy (non-hydrogen) atoms. The van der Waals surface area contributed by atoms with Crippen LogP contribution in [0.3, 0.4) is 0 Å². The zero-order chi connectivity index (χ0) is 14.4. The van der Waals surface area contributed by atoms with Crippen molar-refractivity contribution in [1.82, 2.24) is 4.90 Å². The molecule has 0 aliphatic carbocycles. The van der Waals surface area contributed by atoms with Crippen LogP contribution in [0.4, 0.5) is 10.5 Å². The molecule has 0 aliphatic rings. The molecular formula is C13H20N4O2. The fourth-order valence-electron chi connectivity index (χ4n) is 1.54. The van der Waals surface area contributed by atoms with Gasteiger partial charge in [0, 0.05) is 25.2 Å². The summed E-state index contributed by atoms with van der Waals surface area (Å²) in [4.78, 5) is 13.5. The van der Waals surface area contributed by atoms with Gasteiger partial charge in [-0.2, -0.15) is 0 Å². The van der Waals surface area contributed by atoms with E-state index < -0.39 is 0 Å². The maximum atomic E-state index is 12.0. The van der Waals surface area contributed by atoms with E-state index in [4.69, 9.17) is 15.9 Å². The van der Waals surface area contributed by atoms with Crippen molar-refractivity contribution in [1.29, 1.82) is 5.41 Å². The molecule has 2 amide bonds. The Labute approximate surface area is 113 Å². The van der Waals surface area contributed by atoms with Gasteiger partial charge in [0.25, 0.3) is 0 Å². The highest BCUT2D eigenvalue weighted by Crippen LogP contribution is 2.15. The lowest BCUT2D eigenvalue weighted by atomic mass is 10.2. The van der Waals surface area contributed by atoms with Gasteiger partial charge in [-0.05, 0) is 31.2 Å². The first-order valence-electron chi connectivity index (χ1n) is 5.94. The Bertz CT molecular complexity index is 444. The monoisotopic (exact) mass is 264 g/mol. The average molecular weight is 264 g/mol. The molecule has 0 aliphatic heterocycles. The first-order valence-corrected chi connectivity index (χ1v) is 5.94. The van der Waals surface area contributed by atoms with Crippen LogP contribution in [0.5, 0.6) is 5.75 Å². The molecule has 0 heterocycles. The molecule has 104 valence electrons. The fraction of sp³-hybridized carbons (Fsp3) is 0.385. The number of amides is 2. The SMILES string of the molecule is COc1ccc(NC(=O)N(C)C(C)CC(=N)N)cc1. The van der Waals surface area contributed by atoms with Crippen molar-refractivity contribution in [3.8, 4) is 5.75 Å². The van der Waals surface area contributed by atoms with E-state index in [-0.39, 0.29) is 17.9 Å². The molecule has 0 fully saturated rings. The normalized spacial score (nSPS) is 11.5. The summed E-state index contributed by atoms with van der Waals surface area (Å²) in [6, 6.07) is 6.71. The van der Waals surface area contributed by atoms with Crippen LogP contribution >= 0.6 is 0 Å². The summed E-state index contributed by atoms with van der Waals surface area (Å²) >= 11 is 0. The molecule has 0 spiro atoms. The molecule has 6 nitrogen and oxygen atoms in total. The minimum absolute atomic E-state index is 0.0663. The second-order valence-electron chi connectivity index (χ2n) is 4.35. The third kappa shape index (κ3) is 4.50. The highest BCUT2D eigenvalue weighted by atomic mass is 16.5. The van der Waals surface area contributed by atoms with Gasteiger partial charge in [-0.3, -0.25) is 5.41 Å². The van der Waals surface area contributed by atoms with Crippen molar-refractivity contribution >= 4 is 17.6 Å². The standard InChI is InChI=1S/C13H20N4O2/c1-9(8-12(14)15)17(2)13(18)16-10-4-6-11(19-3)7-5-10/h4-7,9H,8H2,1-3H3,(H3,14,15)(H,16,18). The molecule has 1 rings (SSSR count). The Morgan fingerprint density at radius 2 is 2.05 bits per heavy atom. The van der Waals surface area contributed by atoms with Gasteiger partial charge in [-0.15, -0.1) is 0 Å². The number of carbonyl (C=O) groups excluding carboxylic acids is 1. The summed E-state index contributed by atoms with van der Waals surface area (Å²) in [5.41, 5.74) is 6.01. The van der Waals surface area contributed by atoms with Crippen LogP contribution in [0.1, 0.15) is 13.3 Å². The smallest absolute Gasteiger partial charge is 0.321 e. The van der Waals surface area contributed by atoms with Crippen molar-refractivity contribution in [2.75, 3.05) is 19.5 Å². The average Bonchev–Trinajstić information content (AvgIpc) is 2.37. The van der Waals surface area contributed by atoms with Gasteiger partial charge < -0.3 is 20.7 Å². The van der Waals surface area contributed by atoms with Crippen LogP contribution in [-0.4, -0.2) is 37.0 Å². The molecule has 0 saturated heterocycles. The fourth-order valence-corrected chi connectivity index (χ4v) is 1.54. The number of benzene rings is 1. The lowest BCUT2D eigenvalue weighted by Crippen LogP contribution is -2.40. The molecule has 0 aromatic heterocycles. The van der Waals surface area contributed by atoms with E-state index >= 15 is 0 Å². The number of hydrogen-bond acceptors (Lipinski definition) is 3. The molecule has 1 aromatic rings. The Balaban J connectivity index is 2.60. The summed E-state index contributed by atoms with van der Waals surface area (Å²) in [6.45, 7) is 1.84. The van der Waals surface area contributed by atoms with E-state index in [0.717, 1.165) is 5.75 Å². The molecule has 1 unspecified atom stereocenters. The molecule has 1 atom stereocenters. The van der Waals surface area contributed by atoms with Gasteiger partial charge in [-0.25, -0.2) is 4.79 Å². The molecular weight excluding hydrogens is 244 g/mol. The third-order valence-corrected chi connectivity index (χ3v) is 2.84. The second-order valence-corrected chi connectivity index (χ2v) is 4.35. The molecule has 0 saturated carbocycles.